The smallest absolute Gasteiger partial charge is 0.409 e. The van der Waals surface area contributed by atoms with Crippen LogP contribution >= 0.6 is 11.3 Å². The van der Waals surface area contributed by atoms with Gasteiger partial charge >= 0.3 is 24.1 Å². The molecule has 3 aliphatic heterocycles. The summed E-state index contributed by atoms with van der Waals surface area (Å²) in [6, 6.07) is 19.7. The van der Waals surface area contributed by atoms with Gasteiger partial charge in [0.2, 0.25) is 18.1 Å². The highest BCUT2D eigenvalue weighted by molar-refractivity contribution is 7.85. The third kappa shape index (κ3) is 20.0. The highest BCUT2D eigenvalue weighted by Gasteiger charge is 2.57. The van der Waals surface area contributed by atoms with E-state index in [4.69, 9.17) is 38.5 Å². The fraction of sp³-hybridized carbons (Fsp3) is 0.507. The maximum Gasteiger partial charge on any atom is 0.409 e. The summed E-state index contributed by atoms with van der Waals surface area (Å²) < 4.78 is 72.4. The summed E-state index contributed by atoms with van der Waals surface area (Å²) in [5, 5.41) is 44.1. The van der Waals surface area contributed by atoms with Gasteiger partial charge in [-0.15, -0.1) is 0 Å². The normalized spacial score (nSPS) is 22.2. The van der Waals surface area contributed by atoms with Gasteiger partial charge in [-0.3, -0.25) is 43.5 Å². The first-order valence-corrected chi connectivity index (χ1v) is 38.5. The zero-order valence-corrected chi connectivity index (χ0v) is 62.1. The van der Waals surface area contributed by atoms with Crippen molar-refractivity contribution in [1.29, 1.82) is 0 Å². The molecule has 574 valence electrons. The molecule has 2 bridgehead atoms. The fourth-order valence-corrected chi connectivity index (χ4v) is 17.3. The zero-order valence-electron chi connectivity index (χ0n) is 60.5. The number of aryl methyl sites for hydroxylation is 1. The van der Waals surface area contributed by atoms with Crippen LogP contribution in [0.15, 0.2) is 91.1 Å². The monoisotopic (exact) mass is 1520 g/mol. The molecular formula is C75H92N10O20S2. The van der Waals surface area contributed by atoms with Crippen molar-refractivity contribution in [2.45, 2.75) is 161 Å². The molecule has 2 aliphatic carbocycles. The Labute approximate surface area is 623 Å². The molecule has 32 heteroatoms. The number of hydrogen-bond acceptors (Lipinski definition) is 21. The summed E-state index contributed by atoms with van der Waals surface area (Å²) in [5.74, 6) is -5.25. The number of imide groups is 1. The molecule has 4 unspecified atom stereocenters. The van der Waals surface area contributed by atoms with Crippen molar-refractivity contribution >= 4 is 90.2 Å². The van der Waals surface area contributed by atoms with Gasteiger partial charge in [-0.2, -0.15) is 13.5 Å². The minimum atomic E-state index is -4.72. The number of carboxylic acids is 2. The Morgan fingerprint density at radius 2 is 1.69 bits per heavy atom. The predicted octanol–water partition coefficient (Wildman–Crippen LogP) is 8.95. The first-order valence-electron chi connectivity index (χ1n) is 36.0. The van der Waals surface area contributed by atoms with E-state index in [1.807, 2.05) is 60.1 Å². The number of thiazole rings is 1. The Morgan fingerprint density at radius 1 is 0.897 bits per heavy atom. The first kappa shape index (κ1) is 78.6. The van der Waals surface area contributed by atoms with E-state index in [0.717, 1.165) is 83.4 Å². The second-order valence-corrected chi connectivity index (χ2v) is 31.5. The van der Waals surface area contributed by atoms with Gasteiger partial charge in [-0.05, 0) is 136 Å². The lowest BCUT2D eigenvalue weighted by atomic mass is 9.50. The van der Waals surface area contributed by atoms with Crippen LogP contribution in [0.5, 0.6) is 11.5 Å². The summed E-state index contributed by atoms with van der Waals surface area (Å²) >= 11 is 1.40. The topological polar surface area (TPSA) is 396 Å². The molecule has 5 aliphatic rings. The largest absolute Gasteiger partial charge is 0.491 e. The molecule has 0 spiro atoms. The number of nitrogens with zero attached hydrogens (tertiary/aromatic N) is 7. The number of aromatic nitrogens is 4. The van der Waals surface area contributed by atoms with Crippen molar-refractivity contribution in [1.82, 2.24) is 40.2 Å². The number of carbonyl (C=O) groups excluding carboxylic acids is 6. The molecule has 7 N–H and O–H groups in total. The molecule has 107 heavy (non-hydrogen) atoms. The molecule has 6 heterocycles. The van der Waals surface area contributed by atoms with Crippen molar-refractivity contribution in [2.24, 2.45) is 16.7 Å². The fourth-order valence-electron chi connectivity index (χ4n) is 15.8. The van der Waals surface area contributed by atoms with Crippen LogP contribution in [0, 0.1) is 23.7 Å². The molecule has 30 nitrogen and oxygen atoms in total. The van der Waals surface area contributed by atoms with Crippen molar-refractivity contribution < 1.29 is 95.1 Å². The van der Waals surface area contributed by atoms with Crippen LogP contribution in [-0.4, -0.2) is 201 Å². The Hall–Kier alpha value is -9.44. The van der Waals surface area contributed by atoms with E-state index in [9.17, 15) is 66.6 Å². The summed E-state index contributed by atoms with van der Waals surface area (Å²) in [6.45, 7) is 9.62. The van der Waals surface area contributed by atoms with Gasteiger partial charge in [-0.1, -0.05) is 62.8 Å². The number of urea groups is 1. The SMILES string of the molecule is CCC1(Cn2ncc(-c3ccc(-c4ccc5c(c4)N(C(=O)Nc4nc6ccccc6s4)CCC5)nc3C(=O)O)c2C)CC2(C)CC(C)CC(OCCN(C)C(=O)OCc3ccc(O[C@H]4C[C@@H](O)C[C@@H](C(=O)O)O4)cc3OCCOCCNC(=O)[C@H](CS(=O)(=O)O)NC(=O)CCCCCN3C(=O)C=CC3=O)(C2)C1. The average molecular weight is 1520 g/mol. The number of benzene rings is 3. The molecule has 3 aromatic heterocycles. The molecule has 2 saturated carbocycles. The average Bonchev–Trinajstić information content (AvgIpc) is 0.863. The van der Waals surface area contributed by atoms with Crippen LogP contribution in [0.4, 0.5) is 20.4 Å². The van der Waals surface area contributed by atoms with Gasteiger partial charge < -0.3 is 59.3 Å². The number of carbonyl (C=O) groups is 8. The number of fused-ring (bicyclic) bond motifs is 4. The van der Waals surface area contributed by atoms with Crippen molar-refractivity contribution in [3.63, 3.8) is 0 Å². The van der Waals surface area contributed by atoms with E-state index < -0.39 is 87.7 Å². The van der Waals surface area contributed by atoms with E-state index in [-0.39, 0.29) is 106 Å². The van der Waals surface area contributed by atoms with Gasteiger partial charge in [0.1, 0.15) is 36.5 Å². The number of ether oxygens (including phenoxy) is 6. The van der Waals surface area contributed by atoms with E-state index in [1.165, 1.54) is 34.5 Å². The minimum Gasteiger partial charge on any atom is -0.491 e. The quantitative estimate of drug-likeness (QED) is 0.0115. The highest BCUT2D eigenvalue weighted by Crippen LogP contribution is 2.61. The molecule has 1 saturated heterocycles. The van der Waals surface area contributed by atoms with E-state index in [2.05, 4.69) is 41.7 Å². The Balaban J connectivity index is 0.689. The standard InChI is InChI=1S/C75H92N10O20S2/c1-6-74(45-85-47(3)54(39-77-85)53-21-22-55(79-66(53)69(93)94)49-18-17-48-13-12-27-83(58(48)33-49)71(95)81-70-80-56-14-9-10-15-61(56)106-70)42-73(4)37-46(2)38-75(43-73,44-74)103-30-28-82(5)72(96)102-40-50-19-20-52(104-65-35-51(86)34-60(105-65)68(91)92)36-59(50)101-32-31-100-29-25-76-67(90)57(41-107(97,98)99)78-62(87)16-8-7-11-26-84-63(88)23-24-64(84)89/h9-10,14-15,17-24,33,36,39,46,51,57,60,65,86H,6-8,11-13,16,25-32,34-35,37-38,40-45H2,1-5H3,(H,76,90)(H,78,87)(H,91,92)(H,93,94)(H,80,81,95)(H,97,98,99)/t46?,51-,57-,60-,65+,73?,74?,75?/m0/s1. The third-order valence-corrected chi connectivity index (χ3v) is 22.1. The zero-order chi connectivity index (χ0) is 76.4. The Morgan fingerprint density at radius 3 is 2.45 bits per heavy atom. The number of nitrogens with one attached hydrogen (secondary N) is 3. The van der Waals surface area contributed by atoms with Crippen LogP contribution in [0.2, 0.25) is 0 Å². The number of aromatic carboxylic acids is 1. The molecule has 6 aromatic rings. The number of anilines is 2. The van der Waals surface area contributed by atoms with Gasteiger partial charge in [0.15, 0.2) is 16.9 Å². The maximum atomic E-state index is 13.8. The molecule has 3 aromatic carbocycles. The number of amides is 7. The van der Waals surface area contributed by atoms with Crippen LogP contribution < -0.4 is 30.3 Å². The van der Waals surface area contributed by atoms with E-state index in [1.54, 1.807) is 36.3 Å². The van der Waals surface area contributed by atoms with Crippen molar-refractivity contribution in [2.75, 3.05) is 75.6 Å². The molecule has 11 rings (SSSR count). The van der Waals surface area contributed by atoms with Crippen LogP contribution in [0.1, 0.15) is 132 Å². The van der Waals surface area contributed by atoms with Crippen LogP contribution in [-0.2, 0) is 72.6 Å². The minimum absolute atomic E-state index is 0.0212. The lowest BCUT2D eigenvalue weighted by Gasteiger charge is -2.59. The summed E-state index contributed by atoms with van der Waals surface area (Å²) in [7, 11) is -3.11. The maximum absolute atomic E-state index is 13.8. The van der Waals surface area contributed by atoms with Gasteiger partial charge in [-0.25, -0.2) is 29.1 Å². The number of aliphatic hydroxyl groups is 1. The number of unbranched alkanes of at least 4 members (excludes halogenated alkanes) is 2. The number of pyridine rings is 1. The second kappa shape index (κ2) is 34.2. The van der Waals surface area contributed by atoms with Crippen molar-refractivity contribution in [3.05, 3.63) is 114 Å². The van der Waals surface area contributed by atoms with Gasteiger partial charge in [0, 0.05) is 111 Å². The molecule has 8 atom stereocenters. The first-order chi connectivity index (χ1) is 51.1. The van der Waals surface area contributed by atoms with Crippen LogP contribution in [0.25, 0.3) is 32.6 Å². The number of carboxylic acid groups (broad SMARTS) is 2. The summed E-state index contributed by atoms with van der Waals surface area (Å²) in [4.78, 5) is 116. The number of aliphatic hydroxyl groups excluding tert-OH is 1. The van der Waals surface area contributed by atoms with E-state index in [0.29, 0.717) is 71.3 Å². The Kier molecular flexibility index (Phi) is 25.1. The molecular weight excluding hydrogens is 1430 g/mol. The number of hydrogen-bond donors (Lipinski definition) is 7. The highest BCUT2D eigenvalue weighted by atomic mass is 32.2. The summed E-state index contributed by atoms with van der Waals surface area (Å²) in [6.07, 6.45) is 7.47. The van der Waals surface area contributed by atoms with Crippen molar-refractivity contribution in [3.8, 4) is 33.9 Å². The summed E-state index contributed by atoms with van der Waals surface area (Å²) in [5.41, 5.74) is 4.85. The lowest BCUT2D eigenvalue weighted by Crippen LogP contribution is -2.56. The lowest BCUT2D eigenvalue weighted by molar-refractivity contribution is -0.195. The van der Waals surface area contributed by atoms with Gasteiger partial charge in [0.05, 0.1) is 53.6 Å². The Bertz CT molecular complexity index is 4400. The third-order valence-electron chi connectivity index (χ3n) is 20.4. The van der Waals surface area contributed by atoms with E-state index >= 15 is 0 Å². The number of likely N-dealkylation sites (N-methyl/N-ethyl adjacent to an activating group) is 1. The predicted molar refractivity (Wildman–Crippen MR) is 392 cm³/mol. The molecule has 7 amide bonds. The van der Waals surface area contributed by atoms with Crippen LogP contribution in [0.3, 0.4) is 0 Å². The number of rotatable bonds is 33. The van der Waals surface area contributed by atoms with Gasteiger partial charge in [0.25, 0.3) is 21.9 Å². The number of para-hydroxylation sites is 1. The number of aliphatic carboxylic acids is 1. The molecule has 0 radical (unpaired) electrons. The second-order valence-electron chi connectivity index (χ2n) is 28.9. The molecule has 3 fully saturated rings.